The molecule has 0 aliphatic carbocycles. The van der Waals surface area contributed by atoms with Gasteiger partial charge in [0.25, 0.3) is 0 Å². The van der Waals surface area contributed by atoms with E-state index in [1.54, 1.807) is 39.0 Å². The molecule has 0 spiro atoms. The summed E-state index contributed by atoms with van der Waals surface area (Å²) in [5, 5.41) is 9.02. The Morgan fingerprint density at radius 1 is 1.39 bits per heavy atom. The Labute approximate surface area is 116 Å². The molecule has 4 nitrogen and oxygen atoms in total. The topological polar surface area (TPSA) is 61.2 Å². The molecule has 6 heteroatoms. The fourth-order valence-electron chi connectivity index (χ4n) is 1.42. The predicted octanol–water partition coefficient (Wildman–Crippen LogP) is 2.68. The normalized spacial score (nSPS) is 12.5. The van der Waals surface area contributed by atoms with Gasteiger partial charge in [-0.05, 0) is 44.5 Å². The van der Waals surface area contributed by atoms with Gasteiger partial charge in [0.15, 0.2) is 0 Å². The molecule has 0 bridgehead atoms. The van der Waals surface area contributed by atoms with Crippen molar-refractivity contribution < 1.29 is 8.42 Å². The summed E-state index contributed by atoms with van der Waals surface area (Å²) in [5.41, 5.74) is -0.441. The quantitative estimate of drug-likeness (QED) is 0.855. The van der Waals surface area contributed by atoms with Crippen molar-refractivity contribution >= 4 is 26.0 Å². The number of sulfonamides is 1. The lowest BCUT2D eigenvalue weighted by molar-refractivity contribution is 0.337. The molecular formula is C12H15BrN2O2S. The van der Waals surface area contributed by atoms with E-state index in [0.717, 1.165) is 8.78 Å². The van der Waals surface area contributed by atoms with Crippen molar-refractivity contribution in [3.05, 3.63) is 28.2 Å². The number of hydrogen-bond acceptors (Lipinski definition) is 3. The van der Waals surface area contributed by atoms with E-state index in [2.05, 4.69) is 15.9 Å². The third-order valence-corrected chi connectivity index (χ3v) is 5.52. The van der Waals surface area contributed by atoms with E-state index < -0.39 is 15.6 Å². The second-order valence-electron chi connectivity index (χ2n) is 4.55. The van der Waals surface area contributed by atoms with Crippen LogP contribution in [-0.2, 0) is 10.0 Å². The minimum absolute atomic E-state index is 0.219. The summed E-state index contributed by atoms with van der Waals surface area (Å²) >= 11 is 3.29. The van der Waals surface area contributed by atoms with Crippen LogP contribution in [0, 0.1) is 18.3 Å². The molecule has 0 saturated carbocycles. The van der Waals surface area contributed by atoms with Gasteiger partial charge in [-0.15, -0.1) is 0 Å². The molecule has 0 heterocycles. The third kappa shape index (κ3) is 2.74. The molecule has 0 aliphatic heterocycles. The number of nitriles is 1. The van der Waals surface area contributed by atoms with E-state index in [1.807, 2.05) is 6.07 Å². The molecule has 0 N–H and O–H groups in total. The number of halogens is 1. The molecule has 1 rings (SSSR count). The maximum Gasteiger partial charge on any atom is 0.244 e. The van der Waals surface area contributed by atoms with E-state index in [9.17, 15) is 8.42 Å². The van der Waals surface area contributed by atoms with E-state index in [0.29, 0.717) is 5.56 Å². The highest BCUT2D eigenvalue weighted by Crippen LogP contribution is 2.26. The first-order chi connectivity index (χ1) is 8.13. The first kappa shape index (κ1) is 15.2. The highest BCUT2D eigenvalue weighted by atomic mass is 79.9. The van der Waals surface area contributed by atoms with Crippen LogP contribution in [-0.4, -0.2) is 25.3 Å². The largest absolute Gasteiger partial charge is 0.244 e. The number of hydrogen-bond donors (Lipinski definition) is 0. The van der Waals surface area contributed by atoms with Crippen LogP contribution in [0.5, 0.6) is 0 Å². The molecule has 0 radical (unpaired) electrons. The molecular weight excluding hydrogens is 316 g/mol. The average molecular weight is 331 g/mol. The van der Waals surface area contributed by atoms with Gasteiger partial charge in [-0.1, -0.05) is 15.9 Å². The van der Waals surface area contributed by atoms with Gasteiger partial charge in [-0.3, -0.25) is 0 Å². The van der Waals surface area contributed by atoms with Crippen molar-refractivity contribution in [2.75, 3.05) is 7.05 Å². The smallest absolute Gasteiger partial charge is 0.207 e. The zero-order valence-electron chi connectivity index (χ0n) is 10.7. The van der Waals surface area contributed by atoms with Gasteiger partial charge in [0.05, 0.1) is 11.0 Å². The van der Waals surface area contributed by atoms with Crippen LogP contribution in [0.3, 0.4) is 0 Å². The van der Waals surface area contributed by atoms with Crippen molar-refractivity contribution in [3.63, 3.8) is 0 Å². The van der Waals surface area contributed by atoms with Gasteiger partial charge in [0.2, 0.25) is 10.0 Å². The molecule has 0 aromatic heterocycles. The van der Waals surface area contributed by atoms with Crippen LogP contribution in [0.15, 0.2) is 27.6 Å². The van der Waals surface area contributed by atoms with Gasteiger partial charge in [0.1, 0.15) is 5.54 Å². The Morgan fingerprint density at radius 2 is 1.94 bits per heavy atom. The summed E-state index contributed by atoms with van der Waals surface area (Å²) in [6.45, 7) is 4.86. The van der Waals surface area contributed by atoms with Crippen molar-refractivity contribution in [2.45, 2.75) is 31.2 Å². The van der Waals surface area contributed by atoms with E-state index >= 15 is 0 Å². The Kier molecular flexibility index (Phi) is 4.21. The van der Waals surface area contributed by atoms with Gasteiger partial charge in [0, 0.05) is 11.5 Å². The average Bonchev–Trinajstić information content (AvgIpc) is 2.27. The highest BCUT2D eigenvalue weighted by Gasteiger charge is 2.34. The molecule has 98 valence electrons. The third-order valence-electron chi connectivity index (χ3n) is 2.84. The fraction of sp³-hybridized carbons (Fsp3) is 0.417. The van der Waals surface area contributed by atoms with Crippen molar-refractivity contribution in [3.8, 4) is 6.07 Å². The number of benzene rings is 1. The summed E-state index contributed by atoms with van der Waals surface area (Å²) in [4.78, 5) is 0.219. The monoisotopic (exact) mass is 330 g/mol. The number of rotatable bonds is 3. The summed E-state index contributed by atoms with van der Waals surface area (Å²) in [7, 11) is -2.25. The molecule has 1 aromatic rings. The Hall–Kier alpha value is -0.900. The molecule has 1 aromatic carbocycles. The van der Waals surface area contributed by atoms with Crippen LogP contribution in [0.25, 0.3) is 0 Å². The van der Waals surface area contributed by atoms with Gasteiger partial charge in [-0.25, -0.2) is 8.42 Å². The zero-order chi connectivity index (χ0) is 14.1. The Bertz CT molecular complexity index is 603. The van der Waals surface area contributed by atoms with Crippen molar-refractivity contribution in [1.82, 2.24) is 4.31 Å². The summed E-state index contributed by atoms with van der Waals surface area (Å²) in [6.07, 6.45) is 0. The lowest BCUT2D eigenvalue weighted by Gasteiger charge is -2.28. The molecule has 18 heavy (non-hydrogen) atoms. The standard InChI is InChI=1S/C12H15BrN2O2S/c1-9-7-10(13)5-6-11(9)18(16,17)15(4)12(2,3)8-14/h5-7H,1-4H3. The van der Waals surface area contributed by atoms with Crippen molar-refractivity contribution in [1.29, 1.82) is 5.26 Å². The molecule has 0 aliphatic rings. The number of aryl methyl sites for hydroxylation is 1. The van der Waals surface area contributed by atoms with Crippen LogP contribution in [0.4, 0.5) is 0 Å². The van der Waals surface area contributed by atoms with E-state index in [4.69, 9.17) is 5.26 Å². The minimum atomic E-state index is -3.67. The maximum atomic E-state index is 12.4. The second-order valence-corrected chi connectivity index (χ2v) is 7.41. The fourth-order valence-corrected chi connectivity index (χ4v) is 3.54. The van der Waals surface area contributed by atoms with Crippen molar-refractivity contribution in [2.24, 2.45) is 0 Å². The maximum absolute atomic E-state index is 12.4. The van der Waals surface area contributed by atoms with Crippen LogP contribution in [0.2, 0.25) is 0 Å². The highest BCUT2D eigenvalue weighted by molar-refractivity contribution is 9.10. The van der Waals surface area contributed by atoms with Crippen LogP contribution >= 0.6 is 15.9 Å². The lowest BCUT2D eigenvalue weighted by Crippen LogP contribution is -2.43. The molecule has 0 saturated heterocycles. The lowest BCUT2D eigenvalue weighted by atomic mass is 10.1. The minimum Gasteiger partial charge on any atom is -0.207 e. The van der Waals surface area contributed by atoms with Gasteiger partial charge < -0.3 is 0 Å². The SMILES string of the molecule is Cc1cc(Br)ccc1S(=O)(=O)N(C)C(C)(C)C#N. The zero-order valence-corrected chi connectivity index (χ0v) is 13.1. The second kappa shape index (κ2) is 5.00. The van der Waals surface area contributed by atoms with Gasteiger partial charge in [-0.2, -0.15) is 9.57 Å². The van der Waals surface area contributed by atoms with E-state index in [1.165, 1.54) is 7.05 Å². The van der Waals surface area contributed by atoms with E-state index in [-0.39, 0.29) is 4.90 Å². The summed E-state index contributed by atoms with van der Waals surface area (Å²) in [6, 6.07) is 6.94. The Morgan fingerprint density at radius 3 is 2.39 bits per heavy atom. The Balaban J connectivity index is 3.36. The molecule has 0 amide bonds. The molecule has 0 fully saturated rings. The van der Waals surface area contributed by atoms with Crippen LogP contribution in [0.1, 0.15) is 19.4 Å². The summed E-state index contributed by atoms with van der Waals surface area (Å²) < 4.78 is 26.8. The molecule has 0 unspecified atom stereocenters. The summed E-state index contributed by atoms with van der Waals surface area (Å²) in [5.74, 6) is 0. The first-order valence-corrected chi connectivity index (χ1v) is 7.52. The molecule has 0 atom stereocenters. The van der Waals surface area contributed by atoms with Gasteiger partial charge >= 0.3 is 0 Å². The van der Waals surface area contributed by atoms with Crippen LogP contribution < -0.4 is 0 Å². The number of nitrogens with zero attached hydrogens (tertiary/aromatic N) is 2. The first-order valence-electron chi connectivity index (χ1n) is 5.29. The predicted molar refractivity (Wildman–Crippen MR) is 73.5 cm³/mol.